The average Bonchev–Trinajstić information content (AvgIpc) is 2.81. The molecule has 0 unspecified atom stereocenters. The molecule has 0 saturated heterocycles. The fraction of sp³-hybridized carbons (Fsp3) is 0.357. The Bertz CT molecular complexity index is 531. The first kappa shape index (κ1) is 14.4. The number of aromatic nitrogens is 1. The van der Waals surface area contributed by atoms with E-state index in [1.165, 1.54) is 0 Å². The predicted molar refractivity (Wildman–Crippen MR) is 70.2 cm³/mol. The first-order valence-electron chi connectivity index (χ1n) is 6.15. The maximum atomic E-state index is 13.2. The molecule has 5 heteroatoms. The van der Waals surface area contributed by atoms with Crippen LogP contribution in [0.2, 0.25) is 0 Å². The quantitative estimate of drug-likeness (QED) is 0.766. The molecule has 0 aliphatic rings. The van der Waals surface area contributed by atoms with E-state index in [0.717, 1.165) is 12.8 Å². The number of halogens is 3. The Kier molecular flexibility index (Phi) is 4.48. The van der Waals surface area contributed by atoms with Crippen LogP contribution >= 0.6 is 0 Å². The van der Waals surface area contributed by atoms with E-state index in [1.807, 2.05) is 6.92 Å². The molecular weight excluding hydrogens is 318 g/mol. The summed E-state index contributed by atoms with van der Waals surface area (Å²) >= 11 is -0.412. The van der Waals surface area contributed by atoms with E-state index in [-0.39, 0.29) is 5.69 Å². The van der Waals surface area contributed by atoms with Crippen molar-refractivity contribution >= 4 is 14.7 Å². The van der Waals surface area contributed by atoms with E-state index in [9.17, 15) is 13.2 Å². The number of unbranched alkanes of at least 4 members (excludes halogenated alkanes) is 1. The molecule has 2 aromatic rings. The molecule has 0 fully saturated rings. The number of hydrogen-bond donors (Lipinski definition) is 0. The second-order valence-electron chi connectivity index (χ2n) is 4.30. The van der Waals surface area contributed by atoms with Crippen LogP contribution in [-0.2, 0) is 12.6 Å². The van der Waals surface area contributed by atoms with Gasteiger partial charge in [0.25, 0.3) is 0 Å². The number of alkyl halides is 3. The number of aryl methyl sites for hydroxylation is 1. The van der Waals surface area contributed by atoms with E-state index in [4.69, 9.17) is 0 Å². The van der Waals surface area contributed by atoms with Crippen LogP contribution in [0.1, 0.15) is 29.8 Å². The minimum absolute atomic E-state index is 0.124. The van der Waals surface area contributed by atoms with Gasteiger partial charge >= 0.3 is 116 Å². The van der Waals surface area contributed by atoms with E-state index in [2.05, 4.69) is 3.98 Å². The molecule has 0 bridgehead atoms. The topological polar surface area (TPSA) is 12.9 Å². The first-order valence-corrected chi connectivity index (χ1v) is 7.77. The Morgan fingerprint density at radius 2 is 1.84 bits per heavy atom. The van der Waals surface area contributed by atoms with Gasteiger partial charge in [0.15, 0.2) is 0 Å². The Labute approximate surface area is 116 Å². The standard InChI is InChI=1S/C14H14F3NSe/c1-2-3-9-11-12(14(15,16)17)13(18-19-11)10-7-5-4-6-8-10/h4-8H,2-3,9H2,1H3. The van der Waals surface area contributed by atoms with Crippen LogP contribution in [0, 0.1) is 0 Å². The Morgan fingerprint density at radius 3 is 2.42 bits per heavy atom. The summed E-state index contributed by atoms with van der Waals surface area (Å²) in [6, 6.07) is 8.64. The van der Waals surface area contributed by atoms with Crippen LogP contribution in [0.15, 0.2) is 30.3 Å². The normalized spacial score (nSPS) is 11.8. The third kappa shape index (κ3) is 3.28. The van der Waals surface area contributed by atoms with Gasteiger partial charge in [0, 0.05) is 0 Å². The first-order chi connectivity index (χ1) is 9.04. The third-order valence-corrected chi connectivity index (χ3v) is 4.74. The molecule has 1 nitrogen and oxygen atoms in total. The van der Waals surface area contributed by atoms with Crippen LogP contribution < -0.4 is 0 Å². The van der Waals surface area contributed by atoms with Gasteiger partial charge in [-0.15, -0.1) is 0 Å². The molecule has 0 aliphatic carbocycles. The molecule has 0 radical (unpaired) electrons. The van der Waals surface area contributed by atoms with Gasteiger partial charge in [0.1, 0.15) is 0 Å². The molecular formula is C14H14F3NSe. The van der Waals surface area contributed by atoms with Crippen molar-refractivity contribution in [2.24, 2.45) is 0 Å². The molecule has 0 atom stereocenters. The van der Waals surface area contributed by atoms with E-state index in [1.54, 1.807) is 30.3 Å². The minimum atomic E-state index is -4.31. The Balaban J connectivity index is 2.47. The molecule has 0 amide bonds. The molecule has 1 heterocycles. The number of benzene rings is 1. The van der Waals surface area contributed by atoms with Gasteiger partial charge < -0.3 is 0 Å². The molecule has 102 valence electrons. The summed E-state index contributed by atoms with van der Waals surface area (Å²) in [5.74, 6) is 0. The fourth-order valence-corrected chi connectivity index (χ4v) is 3.88. The van der Waals surface area contributed by atoms with Crippen molar-refractivity contribution in [3.63, 3.8) is 0 Å². The van der Waals surface area contributed by atoms with E-state index >= 15 is 0 Å². The second-order valence-corrected chi connectivity index (χ2v) is 6.10. The van der Waals surface area contributed by atoms with Crippen molar-refractivity contribution in [1.82, 2.24) is 3.98 Å². The van der Waals surface area contributed by atoms with Crippen LogP contribution in [0.5, 0.6) is 0 Å². The van der Waals surface area contributed by atoms with Crippen molar-refractivity contribution in [2.75, 3.05) is 0 Å². The predicted octanol–water partition coefficient (Wildman–Crippen LogP) is 4.17. The summed E-state index contributed by atoms with van der Waals surface area (Å²) in [5.41, 5.74) is 0.189. The molecule has 0 aliphatic heterocycles. The number of rotatable bonds is 4. The fourth-order valence-electron chi connectivity index (χ4n) is 1.92. The van der Waals surface area contributed by atoms with Crippen molar-refractivity contribution in [2.45, 2.75) is 32.4 Å². The summed E-state index contributed by atoms with van der Waals surface area (Å²) < 4.78 is 44.4. The summed E-state index contributed by atoms with van der Waals surface area (Å²) in [4.78, 5) is 0. The van der Waals surface area contributed by atoms with Crippen LogP contribution in [0.25, 0.3) is 11.3 Å². The molecule has 0 N–H and O–H groups in total. The van der Waals surface area contributed by atoms with Crippen LogP contribution in [0.4, 0.5) is 13.2 Å². The number of hydrogen-bond acceptors (Lipinski definition) is 1. The zero-order chi connectivity index (χ0) is 13.9. The number of nitrogens with zero attached hydrogens (tertiary/aromatic N) is 1. The monoisotopic (exact) mass is 333 g/mol. The van der Waals surface area contributed by atoms with Crippen molar-refractivity contribution < 1.29 is 13.2 Å². The zero-order valence-corrected chi connectivity index (χ0v) is 12.2. The summed E-state index contributed by atoms with van der Waals surface area (Å²) in [5, 5.41) is 0. The van der Waals surface area contributed by atoms with Gasteiger partial charge in [-0.2, -0.15) is 0 Å². The second kappa shape index (κ2) is 5.93. The Hall–Kier alpha value is -1.06. The molecule has 0 saturated carbocycles. The maximum absolute atomic E-state index is 13.2. The molecule has 19 heavy (non-hydrogen) atoms. The van der Waals surface area contributed by atoms with Crippen LogP contribution in [0.3, 0.4) is 0 Å². The van der Waals surface area contributed by atoms with Crippen molar-refractivity contribution in [3.05, 3.63) is 40.3 Å². The molecule has 0 spiro atoms. The van der Waals surface area contributed by atoms with Crippen molar-refractivity contribution in [1.29, 1.82) is 0 Å². The van der Waals surface area contributed by atoms with Gasteiger partial charge in [-0.05, 0) is 0 Å². The van der Waals surface area contributed by atoms with Gasteiger partial charge in [-0.1, -0.05) is 0 Å². The Morgan fingerprint density at radius 1 is 1.16 bits per heavy atom. The van der Waals surface area contributed by atoms with Gasteiger partial charge in [-0.3, -0.25) is 0 Å². The van der Waals surface area contributed by atoms with E-state index < -0.39 is 26.5 Å². The molecule has 1 aromatic carbocycles. The zero-order valence-electron chi connectivity index (χ0n) is 10.5. The SMILES string of the molecule is CCCCc1[se]nc(-c2ccccc2)c1C(F)(F)F. The third-order valence-electron chi connectivity index (χ3n) is 2.85. The van der Waals surface area contributed by atoms with Crippen molar-refractivity contribution in [3.8, 4) is 11.3 Å². The van der Waals surface area contributed by atoms with E-state index in [0.29, 0.717) is 16.4 Å². The van der Waals surface area contributed by atoms with Gasteiger partial charge in [0.05, 0.1) is 0 Å². The summed E-state index contributed by atoms with van der Waals surface area (Å²) in [7, 11) is 0. The molecule has 1 aromatic heterocycles. The molecule has 2 rings (SSSR count). The van der Waals surface area contributed by atoms with Gasteiger partial charge in [0.2, 0.25) is 0 Å². The summed E-state index contributed by atoms with van der Waals surface area (Å²) in [6.07, 6.45) is -2.12. The van der Waals surface area contributed by atoms with Crippen LogP contribution in [-0.4, -0.2) is 18.7 Å². The summed E-state index contributed by atoms with van der Waals surface area (Å²) in [6.45, 7) is 1.98. The van der Waals surface area contributed by atoms with Gasteiger partial charge in [-0.25, -0.2) is 0 Å². The average molecular weight is 332 g/mol.